The van der Waals surface area contributed by atoms with Crippen molar-refractivity contribution in [2.45, 2.75) is 6.42 Å². The molecule has 7 heteroatoms. The van der Waals surface area contributed by atoms with Gasteiger partial charge in [0.25, 0.3) is 0 Å². The molecule has 0 aliphatic heterocycles. The molecule has 0 atom stereocenters. The third kappa shape index (κ3) is 2.14. The number of aromatic nitrogens is 2. The van der Waals surface area contributed by atoms with Gasteiger partial charge in [-0.2, -0.15) is 0 Å². The maximum atomic E-state index is 11.3. The molecule has 0 aliphatic rings. The van der Waals surface area contributed by atoms with Crippen molar-refractivity contribution < 1.29 is 24.2 Å². The van der Waals surface area contributed by atoms with Gasteiger partial charge in [-0.1, -0.05) is 6.07 Å². The van der Waals surface area contributed by atoms with E-state index in [2.05, 4.69) is 4.98 Å². The van der Waals surface area contributed by atoms with Crippen LogP contribution in [0.2, 0.25) is 0 Å². The van der Waals surface area contributed by atoms with E-state index < -0.39 is 11.9 Å². The van der Waals surface area contributed by atoms with Crippen LogP contribution in [0.5, 0.6) is 0 Å². The standard InChI is InChI=1S/C14H10N2O5/c17-13(18)10-5-1-4-9-12(14(19)20)15-11(16(9)10)7-8-3-2-6-21-8/h1-6H,7H2,(H,17,18)(H,19,20). The lowest BCUT2D eigenvalue weighted by Gasteiger charge is -2.04. The highest BCUT2D eigenvalue weighted by Gasteiger charge is 2.21. The fourth-order valence-corrected chi connectivity index (χ4v) is 2.22. The number of imidazole rings is 1. The van der Waals surface area contributed by atoms with E-state index in [-0.39, 0.29) is 23.3 Å². The lowest BCUT2D eigenvalue weighted by atomic mass is 10.2. The maximum absolute atomic E-state index is 11.3. The average Bonchev–Trinajstić information content (AvgIpc) is 3.07. The minimum atomic E-state index is -1.21. The summed E-state index contributed by atoms with van der Waals surface area (Å²) >= 11 is 0. The van der Waals surface area contributed by atoms with Gasteiger partial charge in [-0.3, -0.25) is 4.40 Å². The van der Waals surface area contributed by atoms with Crippen LogP contribution in [0.15, 0.2) is 41.0 Å². The molecule has 0 unspecified atom stereocenters. The largest absolute Gasteiger partial charge is 0.477 e. The molecule has 0 aromatic carbocycles. The van der Waals surface area contributed by atoms with Crippen molar-refractivity contribution in [1.82, 2.24) is 9.38 Å². The Morgan fingerprint density at radius 2 is 1.95 bits per heavy atom. The second-order valence-corrected chi connectivity index (χ2v) is 4.37. The van der Waals surface area contributed by atoms with E-state index in [1.54, 1.807) is 12.1 Å². The van der Waals surface area contributed by atoms with Crippen molar-refractivity contribution in [1.29, 1.82) is 0 Å². The lowest BCUT2D eigenvalue weighted by molar-refractivity contribution is 0.0678. The van der Waals surface area contributed by atoms with Crippen LogP contribution in [0.3, 0.4) is 0 Å². The van der Waals surface area contributed by atoms with E-state index in [1.807, 2.05) is 0 Å². The summed E-state index contributed by atoms with van der Waals surface area (Å²) in [6.45, 7) is 0. The van der Waals surface area contributed by atoms with Gasteiger partial charge in [0.05, 0.1) is 18.2 Å². The number of carbonyl (C=O) groups is 2. The zero-order valence-electron chi connectivity index (χ0n) is 10.7. The summed E-state index contributed by atoms with van der Waals surface area (Å²) < 4.78 is 6.54. The first-order valence-electron chi connectivity index (χ1n) is 6.07. The van der Waals surface area contributed by atoms with Gasteiger partial charge in [-0.15, -0.1) is 0 Å². The van der Waals surface area contributed by atoms with Gasteiger partial charge in [0.15, 0.2) is 5.69 Å². The molecule has 3 heterocycles. The number of carboxylic acids is 2. The van der Waals surface area contributed by atoms with Crippen molar-refractivity contribution in [3.05, 3.63) is 59.6 Å². The lowest BCUT2D eigenvalue weighted by Crippen LogP contribution is -2.08. The predicted octanol–water partition coefficient (Wildman–Crippen LogP) is 1.91. The Morgan fingerprint density at radius 3 is 2.57 bits per heavy atom. The molecule has 106 valence electrons. The van der Waals surface area contributed by atoms with Gasteiger partial charge in [0.1, 0.15) is 17.3 Å². The molecule has 0 radical (unpaired) electrons. The SMILES string of the molecule is O=C(O)c1nc(Cc2ccco2)n2c(C(=O)O)cccc12. The number of hydrogen-bond donors (Lipinski definition) is 2. The van der Waals surface area contributed by atoms with Gasteiger partial charge < -0.3 is 14.6 Å². The van der Waals surface area contributed by atoms with Crippen LogP contribution in [0, 0.1) is 0 Å². The molecular formula is C14H10N2O5. The number of pyridine rings is 1. The van der Waals surface area contributed by atoms with Crippen molar-refractivity contribution in [2.75, 3.05) is 0 Å². The zero-order chi connectivity index (χ0) is 15.0. The summed E-state index contributed by atoms with van der Waals surface area (Å²) in [6.07, 6.45) is 1.69. The molecule has 7 nitrogen and oxygen atoms in total. The quantitative estimate of drug-likeness (QED) is 0.759. The summed E-state index contributed by atoms with van der Waals surface area (Å²) in [5.41, 5.74) is 0.0117. The van der Waals surface area contributed by atoms with Crippen molar-refractivity contribution in [3.8, 4) is 0 Å². The van der Waals surface area contributed by atoms with Crippen LogP contribution in [-0.2, 0) is 6.42 Å². The van der Waals surface area contributed by atoms with E-state index in [1.165, 1.54) is 28.9 Å². The molecular weight excluding hydrogens is 276 g/mol. The van der Waals surface area contributed by atoms with Crippen LogP contribution in [0.25, 0.3) is 5.52 Å². The van der Waals surface area contributed by atoms with Crippen molar-refractivity contribution >= 4 is 17.5 Å². The molecule has 0 amide bonds. The number of carboxylic acid groups (broad SMARTS) is 2. The van der Waals surface area contributed by atoms with E-state index in [4.69, 9.17) is 4.42 Å². The first-order valence-corrected chi connectivity index (χ1v) is 6.07. The highest BCUT2D eigenvalue weighted by Crippen LogP contribution is 2.19. The zero-order valence-corrected chi connectivity index (χ0v) is 10.7. The molecule has 0 fully saturated rings. The first kappa shape index (κ1) is 12.9. The number of fused-ring (bicyclic) bond motifs is 1. The molecule has 0 spiro atoms. The van der Waals surface area contributed by atoms with Crippen LogP contribution >= 0.6 is 0 Å². The predicted molar refractivity (Wildman–Crippen MR) is 70.6 cm³/mol. The molecule has 0 aliphatic carbocycles. The summed E-state index contributed by atoms with van der Waals surface area (Å²) in [4.78, 5) is 26.6. The Hall–Kier alpha value is -3.09. The summed E-state index contributed by atoms with van der Waals surface area (Å²) in [5, 5.41) is 18.5. The highest BCUT2D eigenvalue weighted by molar-refractivity contribution is 5.95. The second-order valence-electron chi connectivity index (χ2n) is 4.37. The minimum Gasteiger partial charge on any atom is -0.477 e. The third-order valence-electron chi connectivity index (χ3n) is 3.07. The molecule has 0 bridgehead atoms. The van der Waals surface area contributed by atoms with E-state index in [0.717, 1.165) is 0 Å². The fourth-order valence-electron chi connectivity index (χ4n) is 2.22. The Kier molecular flexibility index (Phi) is 2.94. The number of nitrogens with zero attached hydrogens (tertiary/aromatic N) is 2. The average molecular weight is 286 g/mol. The monoisotopic (exact) mass is 286 g/mol. The van der Waals surface area contributed by atoms with Gasteiger partial charge in [-0.05, 0) is 24.3 Å². The van der Waals surface area contributed by atoms with Gasteiger partial charge in [0, 0.05) is 0 Å². The highest BCUT2D eigenvalue weighted by atomic mass is 16.4. The molecule has 0 saturated heterocycles. The Labute approximate surface area is 118 Å². The molecule has 0 saturated carbocycles. The Bertz CT molecular complexity index is 833. The van der Waals surface area contributed by atoms with E-state index in [9.17, 15) is 19.8 Å². The first-order chi connectivity index (χ1) is 10.1. The number of furan rings is 1. The van der Waals surface area contributed by atoms with Gasteiger partial charge >= 0.3 is 11.9 Å². The van der Waals surface area contributed by atoms with Gasteiger partial charge in [0.2, 0.25) is 0 Å². The summed E-state index contributed by atoms with van der Waals surface area (Å²) in [7, 11) is 0. The van der Waals surface area contributed by atoms with Crippen LogP contribution in [0.1, 0.15) is 32.6 Å². The van der Waals surface area contributed by atoms with Crippen LogP contribution in [0.4, 0.5) is 0 Å². The minimum absolute atomic E-state index is 0.0472. The maximum Gasteiger partial charge on any atom is 0.356 e. The van der Waals surface area contributed by atoms with Crippen molar-refractivity contribution in [3.63, 3.8) is 0 Å². The summed E-state index contributed by atoms with van der Waals surface area (Å²) in [6, 6.07) is 7.82. The third-order valence-corrected chi connectivity index (χ3v) is 3.07. The van der Waals surface area contributed by atoms with E-state index in [0.29, 0.717) is 11.6 Å². The van der Waals surface area contributed by atoms with Crippen LogP contribution in [-0.4, -0.2) is 31.5 Å². The molecule has 21 heavy (non-hydrogen) atoms. The Morgan fingerprint density at radius 1 is 1.14 bits per heavy atom. The molecule has 3 rings (SSSR count). The smallest absolute Gasteiger partial charge is 0.356 e. The Balaban J connectivity index is 2.27. The van der Waals surface area contributed by atoms with E-state index >= 15 is 0 Å². The molecule has 3 aromatic rings. The molecule has 3 aromatic heterocycles. The topological polar surface area (TPSA) is 105 Å². The number of rotatable bonds is 4. The van der Waals surface area contributed by atoms with Gasteiger partial charge in [-0.25, -0.2) is 14.6 Å². The molecule has 2 N–H and O–H groups in total. The fraction of sp³-hybridized carbons (Fsp3) is 0.0714. The second kappa shape index (κ2) is 4.78. The number of hydrogen-bond acceptors (Lipinski definition) is 4. The summed E-state index contributed by atoms with van der Waals surface area (Å²) in [5.74, 6) is -1.49. The van der Waals surface area contributed by atoms with Crippen LogP contribution < -0.4 is 0 Å². The normalized spacial score (nSPS) is 10.9. The number of aromatic carboxylic acids is 2. The van der Waals surface area contributed by atoms with Crippen molar-refractivity contribution in [2.24, 2.45) is 0 Å².